The summed E-state index contributed by atoms with van der Waals surface area (Å²) in [7, 11) is 0. The number of hydrogen-bond donors (Lipinski definition) is 3. The van der Waals surface area contributed by atoms with Gasteiger partial charge in [0, 0.05) is 17.9 Å². The SMILES string of the molecule is C=C[C@@]1(C)C=C2[C@H](O)C[C@@H]3[C@@](C)(CO)CCC[C@@]3(C)[C@H]2[C@H](O)C1. The molecule has 0 unspecified atom stereocenters. The van der Waals surface area contributed by atoms with E-state index in [0.29, 0.717) is 12.8 Å². The fourth-order valence-electron chi connectivity index (χ4n) is 6.08. The molecule has 23 heavy (non-hydrogen) atoms. The fourth-order valence-corrected chi connectivity index (χ4v) is 6.08. The summed E-state index contributed by atoms with van der Waals surface area (Å²) in [6.45, 7) is 10.6. The third-order valence-corrected chi connectivity index (χ3v) is 7.37. The minimum absolute atomic E-state index is 0.00421. The zero-order chi connectivity index (χ0) is 17.0. The average Bonchev–Trinajstić information content (AvgIpc) is 2.49. The van der Waals surface area contributed by atoms with Crippen LogP contribution in [0.4, 0.5) is 0 Å². The molecule has 2 fully saturated rings. The molecule has 0 radical (unpaired) electrons. The van der Waals surface area contributed by atoms with Gasteiger partial charge in [-0.1, -0.05) is 39.3 Å². The number of allylic oxidation sites excluding steroid dienone is 2. The maximum absolute atomic E-state index is 11.0. The van der Waals surface area contributed by atoms with Crippen LogP contribution in [0, 0.1) is 28.1 Å². The zero-order valence-electron chi connectivity index (χ0n) is 14.8. The van der Waals surface area contributed by atoms with Gasteiger partial charge in [-0.15, -0.1) is 6.58 Å². The first-order valence-corrected chi connectivity index (χ1v) is 9.02. The van der Waals surface area contributed by atoms with Crippen molar-refractivity contribution in [1.82, 2.24) is 0 Å². The van der Waals surface area contributed by atoms with E-state index >= 15 is 0 Å². The van der Waals surface area contributed by atoms with Crippen LogP contribution in [0.15, 0.2) is 24.3 Å². The molecule has 2 saturated carbocycles. The third kappa shape index (κ3) is 2.43. The first kappa shape index (κ1) is 17.2. The molecule has 3 aliphatic carbocycles. The smallest absolute Gasteiger partial charge is 0.0757 e. The van der Waals surface area contributed by atoms with Crippen molar-refractivity contribution in [2.45, 2.75) is 65.1 Å². The van der Waals surface area contributed by atoms with Crippen molar-refractivity contribution in [2.24, 2.45) is 28.1 Å². The van der Waals surface area contributed by atoms with Crippen LogP contribution in [0.2, 0.25) is 0 Å². The normalized spacial score (nSPS) is 53.0. The molecule has 3 nitrogen and oxygen atoms in total. The van der Waals surface area contributed by atoms with Crippen LogP contribution in [0.1, 0.15) is 52.9 Å². The highest BCUT2D eigenvalue weighted by molar-refractivity contribution is 5.31. The molecule has 0 aliphatic heterocycles. The van der Waals surface area contributed by atoms with Gasteiger partial charge in [-0.25, -0.2) is 0 Å². The van der Waals surface area contributed by atoms with Gasteiger partial charge in [-0.3, -0.25) is 0 Å². The quantitative estimate of drug-likeness (QED) is 0.685. The summed E-state index contributed by atoms with van der Waals surface area (Å²) in [5.41, 5.74) is 0.554. The lowest BCUT2D eigenvalue weighted by Gasteiger charge is -2.61. The number of aliphatic hydroxyl groups is 3. The van der Waals surface area contributed by atoms with Crippen LogP contribution in [0.5, 0.6) is 0 Å². The second kappa shape index (κ2) is 5.44. The molecular weight excluding hydrogens is 288 g/mol. The molecule has 0 spiro atoms. The number of aliphatic hydroxyl groups excluding tert-OH is 3. The van der Waals surface area contributed by atoms with Crippen molar-refractivity contribution in [3.05, 3.63) is 24.3 Å². The van der Waals surface area contributed by atoms with E-state index in [1.807, 2.05) is 6.08 Å². The topological polar surface area (TPSA) is 60.7 Å². The van der Waals surface area contributed by atoms with Crippen LogP contribution >= 0.6 is 0 Å². The Balaban J connectivity index is 2.08. The van der Waals surface area contributed by atoms with Crippen LogP contribution in [-0.2, 0) is 0 Å². The molecule has 0 heterocycles. The maximum Gasteiger partial charge on any atom is 0.0757 e. The Morgan fingerprint density at radius 3 is 2.57 bits per heavy atom. The summed E-state index contributed by atoms with van der Waals surface area (Å²) in [4.78, 5) is 0. The Morgan fingerprint density at radius 2 is 1.96 bits per heavy atom. The van der Waals surface area contributed by atoms with E-state index in [-0.39, 0.29) is 34.7 Å². The Bertz CT molecular complexity index is 527. The largest absolute Gasteiger partial charge is 0.396 e. The minimum Gasteiger partial charge on any atom is -0.396 e. The zero-order valence-corrected chi connectivity index (χ0v) is 14.8. The molecule has 7 atom stereocenters. The van der Waals surface area contributed by atoms with Gasteiger partial charge >= 0.3 is 0 Å². The van der Waals surface area contributed by atoms with E-state index in [2.05, 4.69) is 33.4 Å². The molecular formula is C20H32O3. The van der Waals surface area contributed by atoms with E-state index in [1.165, 1.54) is 0 Å². The molecule has 0 aromatic carbocycles. The summed E-state index contributed by atoms with van der Waals surface area (Å²) >= 11 is 0. The van der Waals surface area contributed by atoms with Crippen molar-refractivity contribution >= 4 is 0 Å². The van der Waals surface area contributed by atoms with Gasteiger partial charge in [-0.2, -0.15) is 0 Å². The molecule has 0 aromatic heterocycles. The first-order valence-electron chi connectivity index (χ1n) is 9.02. The van der Waals surface area contributed by atoms with E-state index < -0.39 is 12.2 Å². The molecule has 0 aromatic rings. The Labute approximate surface area is 140 Å². The summed E-state index contributed by atoms with van der Waals surface area (Å²) < 4.78 is 0. The van der Waals surface area contributed by atoms with Crippen molar-refractivity contribution in [2.75, 3.05) is 6.61 Å². The van der Waals surface area contributed by atoms with Crippen LogP contribution in [0.3, 0.4) is 0 Å². The fraction of sp³-hybridized carbons (Fsp3) is 0.800. The van der Waals surface area contributed by atoms with Crippen molar-refractivity contribution in [3.8, 4) is 0 Å². The lowest BCUT2D eigenvalue weighted by molar-refractivity contribution is -0.138. The molecule has 0 saturated heterocycles. The highest BCUT2D eigenvalue weighted by atomic mass is 16.3. The van der Waals surface area contributed by atoms with E-state index in [0.717, 1.165) is 24.8 Å². The highest BCUT2D eigenvalue weighted by Gasteiger charge is 2.59. The van der Waals surface area contributed by atoms with Gasteiger partial charge in [0.25, 0.3) is 0 Å². The number of hydrogen-bond acceptors (Lipinski definition) is 3. The van der Waals surface area contributed by atoms with Gasteiger partial charge in [0.05, 0.1) is 12.2 Å². The lowest BCUT2D eigenvalue weighted by atomic mass is 9.44. The second-order valence-electron chi connectivity index (χ2n) is 9.08. The molecule has 0 amide bonds. The van der Waals surface area contributed by atoms with Crippen LogP contribution < -0.4 is 0 Å². The van der Waals surface area contributed by atoms with Crippen molar-refractivity contribution in [3.63, 3.8) is 0 Å². The molecule has 0 bridgehead atoms. The third-order valence-electron chi connectivity index (χ3n) is 7.37. The van der Waals surface area contributed by atoms with Crippen molar-refractivity contribution < 1.29 is 15.3 Å². The average molecular weight is 320 g/mol. The summed E-state index contributed by atoms with van der Waals surface area (Å²) in [5, 5.41) is 31.8. The number of rotatable bonds is 2. The minimum atomic E-state index is -0.517. The summed E-state index contributed by atoms with van der Waals surface area (Å²) in [6, 6.07) is 0. The maximum atomic E-state index is 11.0. The summed E-state index contributed by atoms with van der Waals surface area (Å²) in [6.07, 6.45) is 7.57. The van der Waals surface area contributed by atoms with Crippen molar-refractivity contribution in [1.29, 1.82) is 0 Å². The van der Waals surface area contributed by atoms with Crippen LogP contribution in [-0.4, -0.2) is 34.1 Å². The van der Waals surface area contributed by atoms with Gasteiger partial charge in [-0.05, 0) is 48.0 Å². The lowest BCUT2D eigenvalue weighted by Crippen LogP contribution is -2.59. The van der Waals surface area contributed by atoms with E-state index in [9.17, 15) is 15.3 Å². The monoisotopic (exact) mass is 320 g/mol. The predicted molar refractivity (Wildman–Crippen MR) is 91.8 cm³/mol. The van der Waals surface area contributed by atoms with E-state index in [4.69, 9.17) is 0 Å². The standard InChI is InChI=1S/C20H32O3/c1-5-18(2)10-13-14(22)9-16-19(3,12-21)7-6-8-20(16,4)17(13)15(23)11-18/h5,10,14-17,21-23H,1,6-9,11-12H2,2-4H3/t14-,15-,16-,17-,18+,19-,20-/m1/s1. The second-order valence-corrected chi connectivity index (χ2v) is 9.08. The van der Waals surface area contributed by atoms with Gasteiger partial charge in [0.2, 0.25) is 0 Å². The molecule has 3 heteroatoms. The van der Waals surface area contributed by atoms with Gasteiger partial charge < -0.3 is 15.3 Å². The molecule has 130 valence electrons. The highest BCUT2D eigenvalue weighted by Crippen LogP contribution is 2.63. The molecule has 3 rings (SSSR count). The Hall–Kier alpha value is -0.640. The molecule has 3 N–H and O–H groups in total. The summed E-state index contributed by atoms with van der Waals surface area (Å²) in [5.74, 6) is 0.240. The Kier molecular flexibility index (Phi) is 4.06. The number of fused-ring (bicyclic) bond motifs is 3. The van der Waals surface area contributed by atoms with E-state index in [1.54, 1.807) is 0 Å². The van der Waals surface area contributed by atoms with Crippen LogP contribution in [0.25, 0.3) is 0 Å². The molecule has 3 aliphatic rings. The predicted octanol–water partition coefficient (Wildman–Crippen LogP) is 3.06. The Morgan fingerprint density at radius 1 is 1.26 bits per heavy atom. The van der Waals surface area contributed by atoms with Gasteiger partial charge in [0.1, 0.15) is 0 Å². The van der Waals surface area contributed by atoms with Gasteiger partial charge in [0.15, 0.2) is 0 Å². The first-order chi connectivity index (χ1) is 10.7.